The maximum absolute atomic E-state index is 14.3. The first-order valence-electron chi connectivity index (χ1n) is 13.8. The molecule has 0 saturated heterocycles. The van der Waals surface area contributed by atoms with E-state index in [0.29, 0.717) is 0 Å². The van der Waals surface area contributed by atoms with Crippen molar-refractivity contribution in [3.8, 4) is 23.0 Å². The van der Waals surface area contributed by atoms with Crippen LogP contribution in [0, 0.1) is 11.6 Å². The van der Waals surface area contributed by atoms with E-state index in [2.05, 4.69) is 23.7 Å². The first-order valence-corrected chi connectivity index (χ1v) is 13.8. The Morgan fingerprint density at radius 2 is 1.04 bits per heavy atom. The van der Waals surface area contributed by atoms with Gasteiger partial charge in [0.2, 0.25) is 0 Å². The minimum absolute atomic E-state index is 0.00942. The number of aromatic carboxylic acids is 1. The van der Waals surface area contributed by atoms with Crippen LogP contribution in [-0.2, 0) is 17.6 Å². The zero-order chi connectivity index (χ0) is 35.7. The van der Waals surface area contributed by atoms with E-state index in [1.54, 1.807) is 0 Å². The lowest BCUT2D eigenvalue weighted by Gasteiger charge is -2.07. The van der Waals surface area contributed by atoms with Gasteiger partial charge < -0.3 is 28.8 Å². The van der Waals surface area contributed by atoms with E-state index in [9.17, 15) is 45.5 Å². The SMILES string of the molecule is COC(=O)c1cccc(CC(=O)c2ccc3c(c2)OC(F)(F)O3)c1F.O=C(Cc1cccc(C(=O)O)c1F)c1ccc2c(c1)OC(F)(F)O2. The minimum Gasteiger partial charge on any atom is -0.478 e. The third-order valence-corrected chi connectivity index (χ3v) is 6.94. The van der Waals surface area contributed by atoms with Crippen LogP contribution in [0.4, 0.5) is 26.3 Å². The highest BCUT2D eigenvalue weighted by molar-refractivity contribution is 5.99. The van der Waals surface area contributed by atoms with Crippen molar-refractivity contribution in [3.63, 3.8) is 0 Å². The van der Waals surface area contributed by atoms with Gasteiger partial charge in [-0.15, -0.1) is 17.6 Å². The molecule has 49 heavy (non-hydrogen) atoms. The van der Waals surface area contributed by atoms with Crippen LogP contribution in [0.25, 0.3) is 0 Å². The first kappa shape index (κ1) is 34.3. The maximum atomic E-state index is 14.3. The smallest absolute Gasteiger partial charge is 0.478 e. The molecule has 0 amide bonds. The van der Waals surface area contributed by atoms with E-state index in [0.717, 1.165) is 31.4 Å². The molecule has 0 aromatic heterocycles. The number of ketones is 2. The van der Waals surface area contributed by atoms with Crippen LogP contribution in [0.3, 0.4) is 0 Å². The molecule has 16 heteroatoms. The number of methoxy groups -OCH3 is 1. The zero-order valence-electron chi connectivity index (χ0n) is 24.7. The highest BCUT2D eigenvalue weighted by atomic mass is 19.3. The number of rotatable bonds is 8. The van der Waals surface area contributed by atoms with Gasteiger partial charge in [-0.05, 0) is 59.7 Å². The fraction of sp³-hybridized carbons (Fsp3) is 0.152. The molecule has 0 bridgehead atoms. The number of ether oxygens (including phenoxy) is 5. The number of halogens is 6. The van der Waals surface area contributed by atoms with Crippen molar-refractivity contribution >= 4 is 23.5 Å². The maximum Gasteiger partial charge on any atom is 0.586 e. The fourth-order valence-electron chi connectivity index (χ4n) is 4.66. The lowest BCUT2D eigenvalue weighted by molar-refractivity contribution is -0.287. The fourth-order valence-corrected chi connectivity index (χ4v) is 4.66. The van der Waals surface area contributed by atoms with Crippen molar-refractivity contribution in [1.29, 1.82) is 0 Å². The number of carbonyl (C=O) groups excluding carboxylic acids is 3. The molecule has 0 fully saturated rings. The quantitative estimate of drug-likeness (QED) is 0.122. The van der Waals surface area contributed by atoms with Gasteiger partial charge >= 0.3 is 24.5 Å². The molecule has 0 saturated carbocycles. The Morgan fingerprint density at radius 3 is 1.47 bits per heavy atom. The number of benzene rings is 4. The second-order valence-electron chi connectivity index (χ2n) is 10.2. The molecule has 2 aliphatic rings. The Kier molecular flexibility index (Phi) is 9.24. The summed E-state index contributed by atoms with van der Waals surface area (Å²) < 4.78 is 102. The van der Waals surface area contributed by atoms with Crippen LogP contribution < -0.4 is 18.9 Å². The number of esters is 1. The van der Waals surface area contributed by atoms with Crippen molar-refractivity contribution < 1.29 is 74.3 Å². The van der Waals surface area contributed by atoms with Crippen molar-refractivity contribution in [2.75, 3.05) is 7.11 Å². The summed E-state index contributed by atoms with van der Waals surface area (Å²) in [5, 5.41) is 8.87. The first-order chi connectivity index (χ1) is 23.1. The molecule has 0 atom stereocenters. The summed E-state index contributed by atoms with van der Waals surface area (Å²) >= 11 is 0. The second-order valence-corrected chi connectivity index (χ2v) is 10.2. The van der Waals surface area contributed by atoms with Crippen molar-refractivity contribution in [1.82, 2.24) is 0 Å². The summed E-state index contributed by atoms with van der Waals surface area (Å²) in [6.07, 6.45) is -8.38. The Labute approximate surface area is 271 Å². The van der Waals surface area contributed by atoms with Crippen LogP contribution in [0.5, 0.6) is 23.0 Å². The summed E-state index contributed by atoms with van der Waals surface area (Å²) in [6.45, 7) is 0. The minimum atomic E-state index is -3.80. The number of hydrogen-bond donors (Lipinski definition) is 1. The largest absolute Gasteiger partial charge is 0.586 e. The molecule has 4 aromatic carbocycles. The van der Waals surface area contributed by atoms with Gasteiger partial charge in [0.1, 0.15) is 11.6 Å². The zero-order valence-corrected chi connectivity index (χ0v) is 24.7. The molecule has 6 rings (SSSR count). The average Bonchev–Trinajstić information content (AvgIpc) is 3.53. The molecule has 254 valence electrons. The Morgan fingerprint density at radius 1 is 0.633 bits per heavy atom. The number of carbonyl (C=O) groups is 4. The van der Waals surface area contributed by atoms with Gasteiger partial charge in [-0.1, -0.05) is 24.3 Å². The van der Waals surface area contributed by atoms with E-state index in [-0.39, 0.29) is 57.2 Å². The Hall–Kier alpha value is -6.06. The van der Waals surface area contributed by atoms with Crippen molar-refractivity contribution in [2.45, 2.75) is 25.4 Å². The van der Waals surface area contributed by atoms with Gasteiger partial charge in [0.05, 0.1) is 18.2 Å². The Bertz CT molecular complexity index is 1990. The van der Waals surface area contributed by atoms with Crippen molar-refractivity contribution in [3.05, 3.63) is 118 Å². The van der Waals surface area contributed by atoms with Crippen LogP contribution >= 0.6 is 0 Å². The molecule has 4 aromatic rings. The number of Topliss-reactive ketones (excluding diaryl/α,β-unsaturated/α-hetero) is 2. The lowest BCUT2D eigenvalue weighted by atomic mass is 10.0. The third-order valence-electron chi connectivity index (χ3n) is 6.94. The number of carboxylic acids is 1. The van der Waals surface area contributed by atoms with Crippen LogP contribution in [0.15, 0.2) is 72.8 Å². The molecule has 10 nitrogen and oxygen atoms in total. The van der Waals surface area contributed by atoms with Gasteiger partial charge in [0.15, 0.2) is 34.6 Å². The summed E-state index contributed by atoms with van der Waals surface area (Å²) in [4.78, 5) is 46.9. The van der Waals surface area contributed by atoms with Gasteiger partial charge in [-0.2, -0.15) is 0 Å². The van der Waals surface area contributed by atoms with Crippen LogP contribution in [0.1, 0.15) is 52.6 Å². The number of hydrogen-bond acceptors (Lipinski definition) is 9. The highest BCUT2D eigenvalue weighted by Gasteiger charge is 2.44. The second kappa shape index (κ2) is 13.2. The standard InChI is InChI=1S/C17H11F3O5.C16H9F3O5/c1-23-16(22)11-4-2-3-10(15(11)18)7-12(21)9-5-6-13-14(8-9)25-17(19,20)24-13;17-14-9(2-1-3-10(14)15(21)22)6-11(20)8-4-5-12-13(7-8)24-16(18,19)23-12/h2-6,8H,7H2,1H3;1-5,7H,6H2,(H,21,22). The monoisotopic (exact) mass is 690 g/mol. The van der Waals surface area contributed by atoms with E-state index in [1.807, 2.05) is 0 Å². The van der Waals surface area contributed by atoms with Crippen LogP contribution in [-0.4, -0.2) is 48.3 Å². The van der Waals surface area contributed by atoms with Gasteiger partial charge in [0.25, 0.3) is 0 Å². The van der Waals surface area contributed by atoms with Gasteiger partial charge in [-0.3, -0.25) is 9.59 Å². The number of alkyl halides is 4. The van der Waals surface area contributed by atoms with Gasteiger partial charge in [0, 0.05) is 24.0 Å². The predicted molar refractivity (Wildman–Crippen MR) is 152 cm³/mol. The normalized spacial score (nSPS) is 14.3. The van der Waals surface area contributed by atoms with Crippen LogP contribution in [0.2, 0.25) is 0 Å². The molecule has 2 aliphatic heterocycles. The van der Waals surface area contributed by atoms with Gasteiger partial charge in [-0.25, -0.2) is 18.4 Å². The summed E-state index contributed by atoms with van der Waals surface area (Å²) in [6, 6.07) is 14.7. The third kappa shape index (κ3) is 7.58. The average molecular weight is 691 g/mol. The molecule has 0 radical (unpaired) electrons. The Balaban J connectivity index is 0.000000191. The highest BCUT2D eigenvalue weighted by Crippen LogP contribution is 2.42. The van der Waals surface area contributed by atoms with E-state index in [4.69, 9.17) is 5.11 Å². The lowest BCUT2D eigenvalue weighted by Crippen LogP contribution is -2.26. The number of fused-ring (bicyclic) bond motifs is 2. The molecule has 0 aliphatic carbocycles. The summed E-state index contributed by atoms with van der Waals surface area (Å²) in [5.41, 5.74) is -0.916. The number of carboxylic acid groups (broad SMARTS) is 1. The molecule has 0 spiro atoms. The molecule has 2 heterocycles. The van der Waals surface area contributed by atoms with E-state index >= 15 is 0 Å². The summed E-state index contributed by atoms with van der Waals surface area (Å²) in [7, 11) is 1.11. The van der Waals surface area contributed by atoms with E-state index in [1.165, 1.54) is 48.5 Å². The predicted octanol–water partition coefficient (Wildman–Crippen LogP) is 6.63. The molecular weight excluding hydrogens is 670 g/mol. The molecular formula is C33H20F6O10. The summed E-state index contributed by atoms with van der Waals surface area (Å²) in [5.74, 6) is -6.30. The topological polar surface area (TPSA) is 135 Å². The van der Waals surface area contributed by atoms with Crippen molar-refractivity contribution in [2.24, 2.45) is 0 Å². The van der Waals surface area contributed by atoms with E-state index < -0.39 is 59.7 Å². The molecule has 1 N–H and O–H groups in total. The molecule has 0 unspecified atom stereocenters.